The fourth-order valence-corrected chi connectivity index (χ4v) is 5.13. The van der Waals surface area contributed by atoms with Gasteiger partial charge in [-0.05, 0) is 77.8 Å². The van der Waals surface area contributed by atoms with Crippen LogP contribution in [0.15, 0.2) is 11.6 Å². The third kappa shape index (κ3) is 14.7. The minimum Gasteiger partial charge on any atom is -0.350 e. The summed E-state index contributed by atoms with van der Waals surface area (Å²) in [5, 5.41) is 2.37. The van der Waals surface area contributed by atoms with Gasteiger partial charge in [0.2, 0.25) is 24.1 Å². The SMILES string of the molecule is CC(C)C.CC(C)N1CCCCC1.CCCN(C)C(=O)[C@@H]1CCCN1C(=O)/C(C)=C/C(C(C)C)N(C)C(=O)CNC=O. The normalized spacial score (nSPS) is 18.1. The molecule has 2 fully saturated rings. The van der Waals surface area contributed by atoms with Gasteiger partial charge in [-0.25, -0.2) is 0 Å². The fourth-order valence-electron chi connectivity index (χ4n) is 5.13. The van der Waals surface area contributed by atoms with Crippen LogP contribution < -0.4 is 5.32 Å². The molecule has 2 aliphatic rings. The number of carbonyl (C=O) groups is 4. The summed E-state index contributed by atoms with van der Waals surface area (Å²) < 4.78 is 0. The Bertz CT molecular complexity index is 834. The summed E-state index contributed by atoms with van der Waals surface area (Å²) in [4.78, 5) is 56.0. The second kappa shape index (κ2) is 21.3. The maximum Gasteiger partial charge on any atom is 0.249 e. The Hall–Kier alpha value is -2.42. The zero-order chi connectivity index (χ0) is 32.4. The number of likely N-dealkylation sites (N-methyl/N-ethyl adjacent to an activating group) is 2. The number of carbonyl (C=O) groups excluding carboxylic acids is 4. The van der Waals surface area contributed by atoms with Gasteiger partial charge in [-0.15, -0.1) is 0 Å². The number of amides is 4. The summed E-state index contributed by atoms with van der Waals surface area (Å²) >= 11 is 0. The van der Waals surface area contributed by atoms with Gasteiger partial charge in [0.15, 0.2) is 0 Å². The largest absolute Gasteiger partial charge is 0.350 e. The smallest absolute Gasteiger partial charge is 0.249 e. The highest BCUT2D eigenvalue weighted by Gasteiger charge is 2.36. The van der Waals surface area contributed by atoms with E-state index in [0.29, 0.717) is 31.5 Å². The van der Waals surface area contributed by atoms with Crippen LogP contribution in [0.2, 0.25) is 0 Å². The number of likely N-dealkylation sites (tertiary alicyclic amines) is 2. The van der Waals surface area contributed by atoms with E-state index in [0.717, 1.165) is 24.8 Å². The maximum atomic E-state index is 13.1. The molecule has 9 heteroatoms. The van der Waals surface area contributed by atoms with Crippen LogP contribution in [-0.2, 0) is 19.2 Å². The average molecular weight is 594 g/mol. The third-order valence-corrected chi connectivity index (χ3v) is 7.47. The zero-order valence-electron chi connectivity index (χ0n) is 28.7. The van der Waals surface area contributed by atoms with Gasteiger partial charge in [0.25, 0.3) is 0 Å². The lowest BCUT2D eigenvalue weighted by molar-refractivity contribution is -0.141. The van der Waals surface area contributed by atoms with Crippen molar-refractivity contribution >= 4 is 24.1 Å². The fraction of sp³-hybridized carbons (Fsp3) is 0.818. The van der Waals surface area contributed by atoms with E-state index in [1.807, 2.05) is 20.8 Å². The van der Waals surface area contributed by atoms with Gasteiger partial charge in [-0.1, -0.05) is 54.0 Å². The number of hydrogen-bond acceptors (Lipinski definition) is 5. The van der Waals surface area contributed by atoms with Crippen LogP contribution >= 0.6 is 0 Å². The van der Waals surface area contributed by atoms with Gasteiger partial charge in [-0.2, -0.15) is 0 Å². The van der Waals surface area contributed by atoms with Crippen LogP contribution in [0.1, 0.15) is 101 Å². The number of rotatable bonds is 11. The first kappa shape index (κ1) is 39.6. The lowest BCUT2D eigenvalue weighted by atomic mass is 9.99. The van der Waals surface area contributed by atoms with E-state index in [-0.39, 0.29) is 36.2 Å². The standard InChI is InChI=1S/C21H36N4O4.C8H17N.C4H10/c1-7-10-23(5)21(29)17-9-8-11-25(17)20(28)16(4)12-18(15(2)3)24(6)19(27)13-22-14-26;1-8(2)9-6-4-3-5-7-9;1-4(2)3/h12,14-15,17-18H,7-11,13H2,1-6H3,(H,22,26);8H,3-7H2,1-2H3;4H,1-3H3/b16-12+;;/t17-,18?;;/m0../s1. The van der Waals surface area contributed by atoms with Crippen molar-refractivity contribution < 1.29 is 19.2 Å². The average Bonchev–Trinajstić information content (AvgIpc) is 3.43. The van der Waals surface area contributed by atoms with E-state index in [1.165, 1.54) is 32.4 Å². The van der Waals surface area contributed by atoms with E-state index in [4.69, 9.17) is 0 Å². The minimum absolute atomic E-state index is 0.0156. The van der Waals surface area contributed by atoms with Crippen LogP contribution in [0.25, 0.3) is 0 Å². The Labute approximate surface area is 257 Å². The van der Waals surface area contributed by atoms with Crippen LogP contribution in [-0.4, -0.2) is 109 Å². The van der Waals surface area contributed by atoms with Gasteiger partial charge in [0.1, 0.15) is 6.04 Å². The Kier molecular flexibility index (Phi) is 20.1. The molecule has 2 aliphatic heterocycles. The van der Waals surface area contributed by atoms with Crippen LogP contribution in [0, 0.1) is 11.8 Å². The quantitative estimate of drug-likeness (QED) is 0.280. The van der Waals surface area contributed by atoms with Crippen molar-refractivity contribution in [1.82, 2.24) is 24.9 Å². The van der Waals surface area contributed by atoms with Crippen molar-refractivity contribution in [3.8, 4) is 0 Å². The number of piperidine rings is 1. The van der Waals surface area contributed by atoms with Crippen LogP contribution in [0.5, 0.6) is 0 Å². The summed E-state index contributed by atoms with van der Waals surface area (Å²) in [6.45, 7) is 22.6. The molecular formula is C33H63N5O4. The van der Waals surface area contributed by atoms with Crippen LogP contribution in [0.3, 0.4) is 0 Å². The highest BCUT2D eigenvalue weighted by atomic mass is 16.2. The molecule has 2 heterocycles. The van der Waals surface area contributed by atoms with Crippen molar-refractivity contribution in [1.29, 1.82) is 0 Å². The topological polar surface area (TPSA) is 93.3 Å². The molecule has 2 rings (SSSR count). The maximum absolute atomic E-state index is 13.1. The molecular weight excluding hydrogens is 530 g/mol. The van der Waals surface area contributed by atoms with Crippen LogP contribution in [0.4, 0.5) is 0 Å². The predicted molar refractivity (Wildman–Crippen MR) is 173 cm³/mol. The molecule has 0 bridgehead atoms. The van der Waals surface area contributed by atoms with Gasteiger partial charge in [-0.3, -0.25) is 19.2 Å². The first-order valence-corrected chi connectivity index (χ1v) is 16.1. The Morgan fingerprint density at radius 2 is 1.50 bits per heavy atom. The molecule has 4 amide bonds. The predicted octanol–water partition coefficient (Wildman–Crippen LogP) is 4.56. The Balaban J connectivity index is 0.00000106. The van der Waals surface area contributed by atoms with E-state index < -0.39 is 6.04 Å². The molecule has 0 aromatic rings. The van der Waals surface area contributed by atoms with Crippen molar-refractivity contribution in [3.63, 3.8) is 0 Å². The second-order valence-electron chi connectivity index (χ2n) is 12.9. The minimum atomic E-state index is -0.420. The Morgan fingerprint density at radius 1 is 0.929 bits per heavy atom. The highest BCUT2D eigenvalue weighted by Crippen LogP contribution is 2.23. The molecule has 0 saturated carbocycles. The molecule has 0 aliphatic carbocycles. The summed E-state index contributed by atoms with van der Waals surface area (Å²) in [7, 11) is 3.44. The second-order valence-corrected chi connectivity index (χ2v) is 12.9. The van der Waals surface area contributed by atoms with E-state index >= 15 is 0 Å². The molecule has 2 saturated heterocycles. The van der Waals surface area contributed by atoms with Crippen molar-refractivity contribution in [2.45, 2.75) is 119 Å². The molecule has 0 radical (unpaired) electrons. The van der Waals surface area contributed by atoms with Gasteiger partial charge < -0.3 is 24.9 Å². The number of nitrogens with one attached hydrogen (secondary N) is 1. The summed E-state index contributed by atoms with van der Waals surface area (Å²) in [5.74, 6) is 0.499. The third-order valence-electron chi connectivity index (χ3n) is 7.47. The molecule has 42 heavy (non-hydrogen) atoms. The Morgan fingerprint density at radius 3 is 1.95 bits per heavy atom. The highest BCUT2D eigenvalue weighted by molar-refractivity contribution is 5.97. The lowest BCUT2D eigenvalue weighted by Gasteiger charge is -2.31. The van der Waals surface area contributed by atoms with Gasteiger partial charge in [0.05, 0.1) is 12.6 Å². The number of nitrogens with zero attached hydrogens (tertiary/aromatic N) is 4. The molecule has 9 nitrogen and oxygen atoms in total. The van der Waals surface area contributed by atoms with E-state index in [9.17, 15) is 19.2 Å². The van der Waals surface area contributed by atoms with Crippen molar-refractivity contribution in [2.75, 3.05) is 46.8 Å². The lowest BCUT2D eigenvalue weighted by Crippen LogP contribution is -2.47. The van der Waals surface area contributed by atoms with Crippen molar-refractivity contribution in [3.05, 3.63) is 11.6 Å². The molecule has 0 aromatic heterocycles. The molecule has 244 valence electrons. The number of hydrogen-bond donors (Lipinski definition) is 1. The summed E-state index contributed by atoms with van der Waals surface area (Å²) in [6.07, 6.45) is 8.91. The monoisotopic (exact) mass is 593 g/mol. The van der Waals surface area contributed by atoms with E-state index in [1.54, 1.807) is 41.8 Å². The van der Waals surface area contributed by atoms with Gasteiger partial charge in [0, 0.05) is 38.8 Å². The summed E-state index contributed by atoms with van der Waals surface area (Å²) in [6, 6.07) is 0.0563. The van der Waals surface area contributed by atoms with Gasteiger partial charge >= 0.3 is 0 Å². The first-order valence-electron chi connectivity index (χ1n) is 16.1. The molecule has 1 N–H and O–H groups in total. The molecule has 2 atom stereocenters. The summed E-state index contributed by atoms with van der Waals surface area (Å²) in [5.41, 5.74) is 0.518. The first-order chi connectivity index (χ1) is 19.7. The zero-order valence-corrected chi connectivity index (χ0v) is 28.7. The molecule has 0 spiro atoms. The van der Waals surface area contributed by atoms with Crippen molar-refractivity contribution in [2.24, 2.45) is 11.8 Å². The van der Waals surface area contributed by atoms with E-state index in [2.05, 4.69) is 44.8 Å². The molecule has 0 aromatic carbocycles. The molecule has 1 unspecified atom stereocenters.